The molecule has 11 nitrogen and oxygen atoms in total. The number of carbonyl (C=O) groups is 2. The van der Waals surface area contributed by atoms with Gasteiger partial charge in [0.25, 0.3) is 5.08 Å². The molecule has 0 fully saturated rings. The van der Waals surface area contributed by atoms with Crippen LogP contribution in [0, 0.1) is 0 Å². The molecule has 0 aromatic heterocycles. The molecular weight excluding hydrogens is 550 g/mol. The lowest BCUT2D eigenvalue weighted by Crippen LogP contribution is -2.28. The van der Waals surface area contributed by atoms with Crippen LogP contribution >= 0.6 is 15.2 Å². The Morgan fingerprint density at radius 2 is 1.00 bits per heavy atom. The van der Waals surface area contributed by atoms with E-state index in [0.29, 0.717) is 32.3 Å². The van der Waals surface area contributed by atoms with Crippen molar-refractivity contribution in [3.05, 3.63) is 0 Å². The Bertz CT molecular complexity index is 699. The molecule has 0 bridgehead atoms. The van der Waals surface area contributed by atoms with E-state index in [2.05, 4.69) is 0 Å². The summed E-state index contributed by atoms with van der Waals surface area (Å²) in [5, 5.41) is 6.55. The van der Waals surface area contributed by atoms with Crippen LogP contribution < -0.4 is 0 Å². The summed E-state index contributed by atoms with van der Waals surface area (Å²) in [5.74, 6) is -0.337. The standard InChI is InChI=1S/C26H52O11P2/c27-21-17-19-25(28)37-24-18-23-36-22-16-14-12-10-8-6-4-2-1-3-5-7-9-11-13-15-20-26(29,38(30,31)32)39(33,34)35/h21,29H,1-20,22-24H2,(H2,30,31,32)(H2,33,34,35). The van der Waals surface area contributed by atoms with Gasteiger partial charge in [-0.05, 0) is 19.3 Å². The zero-order valence-corrected chi connectivity index (χ0v) is 25.2. The molecule has 0 saturated heterocycles. The summed E-state index contributed by atoms with van der Waals surface area (Å²) in [6.07, 6.45) is 17.8. The summed E-state index contributed by atoms with van der Waals surface area (Å²) >= 11 is 0. The second-order valence-corrected chi connectivity index (χ2v) is 14.2. The first kappa shape index (κ1) is 38.4. The molecule has 39 heavy (non-hydrogen) atoms. The van der Waals surface area contributed by atoms with Crippen LogP contribution in [-0.2, 0) is 28.2 Å². The predicted octanol–water partition coefficient (Wildman–Crippen LogP) is 5.55. The lowest BCUT2D eigenvalue weighted by Gasteiger charge is -2.29. The molecule has 13 heteroatoms. The van der Waals surface area contributed by atoms with Crippen LogP contribution in [-0.4, -0.2) is 61.8 Å². The normalized spacial score (nSPS) is 12.5. The Hall–Kier alpha value is -0.640. The first-order valence-electron chi connectivity index (χ1n) is 14.5. The highest BCUT2D eigenvalue weighted by Crippen LogP contribution is 2.69. The van der Waals surface area contributed by atoms with Gasteiger partial charge in [0.05, 0.1) is 13.0 Å². The van der Waals surface area contributed by atoms with E-state index in [9.17, 15) is 23.8 Å². The zero-order valence-electron chi connectivity index (χ0n) is 23.4. The van der Waals surface area contributed by atoms with Crippen molar-refractivity contribution in [1.29, 1.82) is 0 Å². The molecule has 0 aliphatic carbocycles. The molecule has 0 aliphatic heterocycles. The number of hydrogen-bond donors (Lipinski definition) is 5. The van der Waals surface area contributed by atoms with Gasteiger partial charge in [-0.15, -0.1) is 0 Å². The fourth-order valence-electron chi connectivity index (χ4n) is 4.20. The third-order valence-corrected chi connectivity index (χ3v) is 10.5. The average molecular weight is 603 g/mol. The van der Waals surface area contributed by atoms with E-state index >= 15 is 0 Å². The van der Waals surface area contributed by atoms with Gasteiger partial charge in [-0.3, -0.25) is 13.9 Å². The van der Waals surface area contributed by atoms with Crippen LogP contribution in [0.3, 0.4) is 0 Å². The van der Waals surface area contributed by atoms with Crippen LogP contribution in [0.1, 0.15) is 128 Å². The highest BCUT2D eigenvalue weighted by Gasteiger charge is 2.58. The van der Waals surface area contributed by atoms with Gasteiger partial charge in [0, 0.05) is 26.1 Å². The highest BCUT2D eigenvalue weighted by atomic mass is 31.2. The summed E-state index contributed by atoms with van der Waals surface area (Å²) in [6, 6.07) is 0. The van der Waals surface area contributed by atoms with Crippen molar-refractivity contribution in [3.63, 3.8) is 0 Å². The molecule has 0 spiro atoms. The van der Waals surface area contributed by atoms with Crippen molar-refractivity contribution in [3.8, 4) is 0 Å². The maximum atomic E-state index is 11.3. The largest absolute Gasteiger partial charge is 0.466 e. The van der Waals surface area contributed by atoms with Gasteiger partial charge in [0.1, 0.15) is 6.29 Å². The number of unbranched alkanes of at least 4 members (excludes halogenated alkanes) is 15. The van der Waals surface area contributed by atoms with Crippen LogP contribution in [0.4, 0.5) is 0 Å². The molecule has 0 atom stereocenters. The first-order valence-corrected chi connectivity index (χ1v) is 17.7. The molecule has 0 saturated carbocycles. The van der Waals surface area contributed by atoms with Gasteiger partial charge in [-0.2, -0.15) is 0 Å². The molecule has 0 amide bonds. The van der Waals surface area contributed by atoms with Crippen molar-refractivity contribution in [2.45, 2.75) is 133 Å². The molecule has 0 aliphatic rings. The average Bonchev–Trinajstić information content (AvgIpc) is 2.86. The molecular formula is C26H52O11P2. The molecule has 0 aromatic carbocycles. The lowest BCUT2D eigenvalue weighted by molar-refractivity contribution is -0.144. The minimum absolute atomic E-state index is 0.144. The number of hydrogen-bond acceptors (Lipinski definition) is 7. The smallest absolute Gasteiger partial charge is 0.369 e. The minimum atomic E-state index is -5.34. The third-order valence-electron chi connectivity index (χ3n) is 6.65. The molecule has 0 heterocycles. The summed E-state index contributed by atoms with van der Waals surface area (Å²) in [5.41, 5.74) is 0. The summed E-state index contributed by atoms with van der Waals surface area (Å²) in [6.45, 7) is 1.65. The number of aldehydes is 1. The topological polar surface area (TPSA) is 188 Å². The van der Waals surface area contributed by atoms with E-state index in [1.165, 1.54) is 51.4 Å². The number of esters is 1. The summed E-state index contributed by atoms with van der Waals surface area (Å²) in [4.78, 5) is 57.9. The van der Waals surface area contributed by atoms with Gasteiger partial charge >= 0.3 is 21.2 Å². The quantitative estimate of drug-likeness (QED) is 0.0327. The summed E-state index contributed by atoms with van der Waals surface area (Å²) in [7, 11) is -10.7. The van der Waals surface area contributed by atoms with Crippen LogP contribution in [0.15, 0.2) is 0 Å². The maximum Gasteiger partial charge on any atom is 0.369 e. The van der Waals surface area contributed by atoms with Crippen LogP contribution in [0.5, 0.6) is 0 Å². The van der Waals surface area contributed by atoms with Crippen molar-refractivity contribution in [2.75, 3.05) is 19.8 Å². The molecule has 232 valence electrons. The van der Waals surface area contributed by atoms with E-state index in [1.807, 2.05) is 0 Å². The Morgan fingerprint density at radius 1 is 0.615 bits per heavy atom. The Balaban J connectivity index is 3.37. The van der Waals surface area contributed by atoms with E-state index in [0.717, 1.165) is 45.1 Å². The zero-order chi connectivity index (χ0) is 29.5. The minimum Gasteiger partial charge on any atom is -0.466 e. The molecule has 0 radical (unpaired) electrons. The number of ether oxygens (including phenoxy) is 2. The SMILES string of the molecule is O=CCCC(=O)OCCCOCCCCCCCCCCCCCCCCCCC(O)(P(=O)(O)O)P(=O)(O)O. The van der Waals surface area contributed by atoms with Gasteiger partial charge in [-0.1, -0.05) is 89.9 Å². The molecule has 0 aromatic rings. The first-order chi connectivity index (χ1) is 18.5. The van der Waals surface area contributed by atoms with E-state index in [1.54, 1.807) is 0 Å². The number of carbonyl (C=O) groups excluding carboxylic acids is 2. The second-order valence-electron chi connectivity index (χ2n) is 10.2. The highest BCUT2D eigenvalue weighted by molar-refractivity contribution is 7.72. The van der Waals surface area contributed by atoms with Crippen molar-refractivity contribution in [2.24, 2.45) is 0 Å². The Kier molecular flexibility index (Phi) is 22.6. The van der Waals surface area contributed by atoms with Crippen molar-refractivity contribution < 1.29 is 52.9 Å². The molecule has 0 rings (SSSR count). The summed E-state index contributed by atoms with van der Waals surface area (Å²) < 4.78 is 33.2. The third kappa shape index (κ3) is 20.0. The van der Waals surface area contributed by atoms with Crippen molar-refractivity contribution in [1.82, 2.24) is 0 Å². The maximum absolute atomic E-state index is 11.3. The Labute approximate surface area is 233 Å². The Morgan fingerprint density at radius 3 is 1.41 bits per heavy atom. The number of rotatable bonds is 28. The molecule has 0 unspecified atom stereocenters. The van der Waals surface area contributed by atoms with Gasteiger partial charge in [0.15, 0.2) is 0 Å². The van der Waals surface area contributed by atoms with E-state index < -0.39 is 26.7 Å². The van der Waals surface area contributed by atoms with Crippen LogP contribution in [0.25, 0.3) is 0 Å². The van der Waals surface area contributed by atoms with E-state index in [4.69, 9.17) is 29.0 Å². The second kappa shape index (κ2) is 23.0. The molecule has 5 N–H and O–H groups in total. The van der Waals surface area contributed by atoms with Gasteiger partial charge < -0.3 is 38.9 Å². The van der Waals surface area contributed by atoms with Gasteiger partial charge in [-0.25, -0.2) is 0 Å². The monoisotopic (exact) mass is 602 g/mol. The fourth-order valence-corrected chi connectivity index (χ4v) is 6.46. The fraction of sp³-hybridized carbons (Fsp3) is 0.923. The predicted molar refractivity (Wildman–Crippen MR) is 149 cm³/mol. The van der Waals surface area contributed by atoms with E-state index in [-0.39, 0.29) is 25.2 Å². The number of aliphatic hydroxyl groups is 1. The van der Waals surface area contributed by atoms with Crippen LogP contribution in [0.2, 0.25) is 0 Å². The lowest BCUT2D eigenvalue weighted by atomic mass is 10.0. The van der Waals surface area contributed by atoms with Gasteiger partial charge in [0.2, 0.25) is 0 Å². The van der Waals surface area contributed by atoms with Crippen molar-refractivity contribution >= 4 is 27.4 Å².